The predicted molar refractivity (Wildman–Crippen MR) is 315 cm³/mol. The van der Waals surface area contributed by atoms with E-state index >= 15 is 0 Å². The van der Waals surface area contributed by atoms with Crippen molar-refractivity contribution < 1.29 is 28.8 Å². The van der Waals surface area contributed by atoms with Gasteiger partial charge in [-0.25, -0.2) is 0 Å². The highest BCUT2D eigenvalue weighted by atomic mass is 28.5. The van der Waals surface area contributed by atoms with Gasteiger partial charge in [0.05, 0.1) is 0 Å². The van der Waals surface area contributed by atoms with Crippen molar-refractivity contribution in [3.8, 4) is 0 Å². The monoisotopic (exact) mass is 1090 g/mol. The van der Waals surface area contributed by atoms with Gasteiger partial charge in [0.1, 0.15) is 0 Å². The first-order valence-electron chi connectivity index (χ1n) is 25.0. The zero-order chi connectivity index (χ0) is 49.9. The molecular formula is C51H84O7Si10. The molecule has 17 heteroatoms. The number of rotatable bonds is 27. The fourth-order valence-electron chi connectivity index (χ4n) is 8.99. The van der Waals surface area contributed by atoms with Gasteiger partial charge in [-0.05, 0) is 143 Å². The maximum atomic E-state index is 8.00. The first-order chi connectivity index (χ1) is 31.9. The predicted octanol–water partition coefficient (Wildman–Crippen LogP) is 10.9. The number of hydrogen-bond donors (Lipinski definition) is 0. The molecule has 0 unspecified atom stereocenters. The van der Waals surface area contributed by atoms with Crippen LogP contribution in [0.1, 0.15) is 13.3 Å². The van der Waals surface area contributed by atoms with Gasteiger partial charge in [0.15, 0.2) is 59.7 Å². The van der Waals surface area contributed by atoms with E-state index in [0.717, 1.165) is 52.2 Å². The molecule has 0 radical (unpaired) electrons. The third-order valence-corrected chi connectivity index (χ3v) is 49.0. The van der Waals surface area contributed by atoms with Crippen LogP contribution in [0, 0.1) is 0 Å². The van der Waals surface area contributed by atoms with Crippen molar-refractivity contribution in [2.75, 3.05) is 0 Å². The summed E-state index contributed by atoms with van der Waals surface area (Å²) in [4.78, 5) is 0. The van der Waals surface area contributed by atoms with Gasteiger partial charge in [-0.2, -0.15) is 0 Å². The first kappa shape index (κ1) is 56.9. The van der Waals surface area contributed by atoms with Crippen molar-refractivity contribution >= 4 is 112 Å². The van der Waals surface area contributed by atoms with Gasteiger partial charge < -0.3 is 28.8 Å². The summed E-state index contributed by atoms with van der Waals surface area (Å²) in [5.41, 5.74) is 0. The highest BCUT2D eigenvalue weighted by Gasteiger charge is 2.54. The average molecular weight is 1090 g/mol. The Morgan fingerprint density at radius 2 is 0.529 bits per heavy atom. The molecule has 5 aromatic carbocycles. The van der Waals surface area contributed by atoms with Gasteiger partial charge in [-0.1, -0.05) is 165 Å². The summed E-state index contributed by atoms with van der Waals surface area (Å²) in [7, 11) is -24.6. The Hall–Kier alpha value is -2.01. The van der Waals surface area contributed by atoms with Gasteiger partial charge in [0.2, 0.25) is 0 Å². The molecule has 0 aromatic heterocycles. The zero-order valence-electron chi connectivity index (χ0n) is 44.2. The summed E-state index contributed by atoms with van der Waals surface area (Å²) in [6, 6.07) is 58.9. The van der Waals surface area contributed by atoms with Crippen molar-refractivity contribution in [3.63, 3.8) is 0 Å². The van der Waals surface area contributed by atoms with Crippen LogP contribution < -0.4 is 25.9 Å². The van der Waals surface area contributed by atoms with Crippen LogP contribution in [-0.4, -0.2) is 85.6 Å². The van der Waals surface area contributed by atoms with E-state index in [2.05, 4.69) is 250 Å². The zero-order valence-corrected chi connectivity index (χ0v) is 54.5. The van der Waals surface area contributed by atoms with Gasteiger partial charge in [-0.3, -0.25) is 0 Å². The Kier molecular flexibility index (Phi) is 20.2. The molecule has 0 amide bonds. The first-order valence-corrected chi connectivity index (χ1v) is 51.5. The second kappa shape index (κ2) is 24.1. The second-order valence-electron chi connectivity index (χ2n) is 22.0. The summed E-state index contributed by atoms with van der Waals surface area (Å²) in [5.74, 6) is 0. The van der Waals surface area contributed by atoms with Gasteiger partial charge in [0, 0.05) is 5.19 Å². The molecule has 7 nitrogen and oxygen atoms in total. The van der Waals surface area contributed by atoms with Crippen LogP contribution >= 0.6 is 0 Å². The summed E-state index contributed by atoms with van der Waals surface area (Å²) < 4.78 is 52.8. The molecule has 0 saturated carbocycles. The highest BCUT2D eigenvalue weighted by Crippen LogP contribution is 2.34. The SMILES string of the molecule is CCC[Si](C)(C)O[Si](O[Si](C)(C)CC[Si](C)(C)O[Si](O[Si](C)(C)CC[Si](C)(C)O[Si](O[SiH](C)C)(O[SiH](C)C)c1ccccc1)(c1ccccc1)c1ccccc1)(c1ccccc1)c1ccccc1. The van der Waals surface area contributed by atoms with E-state index in [1.54, 1.807) is 0 Å². The Morgan fingerprint density at radius 3 is 0.765 bits per heavy atom. The van der Waals surface area contributed by atoms with Crippen LogP contribution in [-0.2, 0) is 28.8 Å². The molecule has 5 aromatic rings. The highest BCUT2D eigenvalue weighted by molar-refractivity contribution is 7.04. The van der Waals surface area contributed by atoms with Crippen LogP contribution in [0.3, 0.4) is 0 Å². The van der Waals surface area contributed by atoms with Crippen LogP contribution in [0.4, 0.5) is 0 Å². The van der Waals surface area contributed by atoms with Crippen molar-refractivity contribution in [3.05, 3.63) is 152 Å². The standard InChI is InChI=1S/C51H84O7Si10/c1-16-42-61(6,7)54-66(47-32-22-17-23-33-47,48-34-24-18-25-35-48)55-62(8,9)43-44-63(10,11)56-67(49-36-26-19-27-37-49,50-38-28-20-29-39-50)57-64(12,13)45-46-65(14,15)58-68(52-59(2)3,53-60(4)5)51-40-30-21-31-41-51/h17-41,59-60H,16,42-46H2,1-15H3. The van der Waals surface area contributed by atoms with E-state index in [-0.39, 0.29) is 0 Å². The summed E-state index contributed by atoms with van der Waals surface area (Å²) in [5, 5.41) is 5.76. The van der Waals surface area contributed by atoms with E-state index < -0.39 is 85.6 Å². The second-order valence-corrected chi connectivity index (χ2v) is 58.7. The molecule has 0 heterocycles. The minimum absolute atomic E-state index is 0.931. The largest absolute Gasteiger partial charge is 0.505 e. The van der Waals surface area contributed by atoms with Gasteiger partial charge in [-0.15, -0.1) is 0 Å². The molecule has 68 heavy (non-hydrogen) atoms. The summed E-state index contributed by atoms with van der Waals surface area (Å²) in [6.07, 6.45) is 1.09. The lowest BCUT2D eigenvalue weighted by Gasteiger charge is -2.45. The Bertz CT molecular complexity index is 2170. The Labute approximate surface area is 424 Å². The normalized spacial score (nSPS) is 13.7. The van der Waals surface area contributed by atoms with Crippen LogP contribution in [0.15, 0.2) is 152 Å². The lowest BCUT2D eigenvalue weighted by atomic mass is 10.4. The van der Waals surface area contributed by atoms with Crippen molar-refractivity contribution in [1.29, 1.82) is 0 Å². The molecule has 0 bridgehead atoms. The van der Waals surface area contributed by atoms with Crippen molar-refractivity contribution in [2.45, 2.75) is 135 Å². The third kappa shape index (κ3) is 16.0. The number of hydrogen-bond acceptors (Lipinski definition) is 7. The van der Waals surface area contributed by atoms with E-state index in [9.17, 15) is 0 Å². The minimum Gasteiger partial charge on any atom is -0.430 e. The fourth-order valence-corrected chi connectivity index (χ4v) is 54.4. The molecule has 370 valence electrons. The summed E-state index contributed by atoms with van der Waals surface area (Å²) in [6.45, 7) is 35.0. The molecule has 5 rings (SSSR count). The molecule has 0 saturated heterocycles. The van der Waals surface area contributed by atoms with Crippen LogP contribution in [0.5, 0.6) is 0 Å². The fraction of sp³-hybridized carbons (Fsp3) is 0.412. The topological polar surface area (TPSA) is 64.6 Å². The maximum Gasteiger partial charge on any atom is 0.505 e. The average Bonchev–Trinajstić information content (AvgIpc) is 3.28. The minimum atomic E-state index is -3.31. The molecule has 0 aliphatic carbocycles. The molecule has 0 aliphatic heterocycles. The quantitative estimate of drug-likeness (QED) is 0.0486. The van der Waals surface area contributed by atoms with Crippen molar-refractivity contribution in [2.24, 2.45) is 0 Å². The van der Waals surface area contributed by atoms with Crippen LogP contribution in [0.2, 0.25) is 122 Å². The molecule has 0 atom stereocenters. The van der Waals surface area contributed by atoms with E-state index in [4.69, 9.17) is 28.8 Å². The molecule has 0 N–H and O–H groups in total. The molecule has 0 fully saturated rings. The Morgan fingerprint density at radius 1 is 0.309 bits per heavy atom. The van der Waals surface area contributed by atoms with E-state index in [0.29, 0.717) is 0 Å². The maximum absolute atomic E-state index is 8.00. The lowest BCUT2D eigenvalue weighted by Crippen LogP contribution is -2.71. The molecular weight excluding hydrogens is 1010 g/mol. The van der Waals surface area contributed by atoms with E-state index in [1.807, 2.05) is 0 Å². The van der Waals surface area contributed by atoms with Gasteiger partial charge in [0.25, 0.3) is 0 Å². The Balaban J connectivity index is 1.49. The smallest absolute Gasteiger partial charge is 0.430 e. The van der Waals surface area contributed by atoms with Crippen LogP contribution in [0.25, 0.3) is 0 Å². The van der Waals surface area contributed by atoms with Crippen molar-refractivity contribution in [1.82, 2.24) is 0 Å². The summed E-state index contributed by atoms with van der Waals surface area (Å²) >= 11 is 0. The third-order valence-electron chi connectivity index (χ3n) is 12.1. The molecule has 0 spiro atoms. The van der Waals surface area contributed by atoms with E-state index in [1.165, 1.54) is 10.4 Å². The number of benzene rings is 5. The lowest BCUT2D eigenvalue weighted by molar-refractivity contribution is 0.282. The van der Waals surface area contributed by atoms with Gasteiger partial charge >= 0.3 is 25.9 Å². The molecule has 0 aliphatic rings.